The van der Waals surface area contributed by atoms with E-state index in [1.54, 1.807) is 16.9 Å². The fourth-order valence-corrected chi connectivity index (χ4v) is 2.00. The second-order valence-corrected chi connectivity index (χ2v) is 4.51. The molecule has 2 N–H and O–H groups in total. The van der Waals surface area contributed by atoms with Gasteiger partial charge in [-0.2, -0.15) is 5.10 Å². The molecule has 96 valence electrons. The maximum Gasteiger partial charge on any atom is 0.245 e. The summed E-state index contributed by atoms with van der Waals surface area (Å²) in [6.07, 6.45) is 4.81. The van der Waals surface area contributed by atoms with Crippen LogP contribution >= 0.6 is 12.4 Å². The van der Waals surface area contributed by atoms with E-state index in [9.17, 15) is 4.79 Å². The number of aromatic nitrogens is 2. The summed E-state index contributed by atoms with van der Waals surface area (Å²) >= 11 is 0. The van der Waals surface area contributed by atoms with Crippen LogP contribution in [0.2, 0.25) is 0 Å². The summed E-state index contributed by atoms with van der Waals surface area (Å²) in [6, 6.07) is 1.80. The molecule has 0 saturated carbocycles. The van der Waals surface area contributed by atoms with Crippen LogP contribution in [0.25, 0.3) is 0 Å². The molecule has 1 aromatic rings. The van der Waals surface area contributed by atoms with Gasteiger partial charge in [-0.1, -0.05) is 0 Å². The van der Waals surface area contributed by atoms with Crippen molar-refractivity contribution in [3.05, 3.63) is 12.3 Å². The van der Waals surface area contributed by atoms with E-state index < -0.39 is 5.54 Å². The van der Waals surface area contributed by atoms with Crippen molar-refractivity contribution in [3.63, 3.8) is 0 Å². The molecule has 1 aliphatic heterocycles. The van der Waals surface area contributed by atoms with Crippen molar-refractivity contribution in [2.75, 3.05) is 11.9 Å². The maximum atomic E-state index is 12.1. The van der Waals surface area contributed by atoms with Crippen molar-refractivity contribution < 1.29 is 4.79 Å². The van der Waals surface area contributed by atoms with Gasteiger partial charge in [-0.15, -0.1) is 12.4 Å². The van der Waals surface area contributed by atoms with Crippen molar-refractivity contribution in [2.45, 2.75) is 31.7 Å². The lowest BCUT2D eigenvalue weighted by molar-refractivity contribution is -0.122. The number of hydrogen-bond donors (Lipinski definition) is 2. The van der Waals surface area contributed by atoms with Gasteiger partial charge in [0, 0.05) is 13.1 Å². The summed E-state index contributed by atoms with van der Waals surface area (Å²) in [7, 11) is 1.81. The number of halogens is 1. The van der Waals surface area contributed by atoms with E-state index in [0.29, 0.717) is 0 Å². The topological polar surface area (TPSA) is 59.0 Å². The molecule has 2 heterocycles. The molecule has 0 radical (unpaired) electrons. The molecule has 1 saturated heterocycles. The highest BCUT2D eigenvalue weighted by Crippen LogP contribution is 2.20. The Morgan fingerprint density at radius 1 is 1.59 bits per heavy atom. The molecule has 17 heavy (non-hydrogen) atoms. The fraction of sp³-hybridized carbons (Fsp3) is 0.636. The van der Waals surface area contributed by atoms with Gasteiger partial charge in [0.05, 0.1) is 11.7 Å². The number of nitrogens with one attached hydrogen (secondary N) is 2. The first-order chi connectivity index (χ1) is 7.62. The van der Waals surface area contributed by atoms with Gasteiger partial charge in [0.1, 0.15) is 5.82 Å². The molecule has 5 nitrogen and oxygen atoms in total. The number of aryl methyl sites for hydroxylation is 1. The number of carbonyl (C=O) groups excluding carboxylic acids is 1. The molecule has 1 aromatic heterocycles. The molecule has 6 heteroatoms. The Morgan fingerprint density at radius 2 is 2.35 bits per heavy atom. The Kier molecular flexibility index (Phi) is 4.54. The molecule has 0 aromatic carbocycles. The largest absolute Gasteiger partial charge is 0.309 e. The summed E-state index contributed by atoms with van der Waals surface area (Å²) < 4.78 is 1.66. The summed E-state index contributed by atoms with van der Waals surface area (Å²) in [5.74, 6) is 0.759. The number of piperidine rings is 1. The third kappa shape index (κ3) is 2.98. The van der Waals surface area contributed by atoms with E-state index in [1.165, 1.54) is 0 Å². The zero-order valence-electron chi connectivity index (χ0n) is 10.2. The second-order valence-electron chi connectivity index (χ2n) is 4.51. The normalized spacial score (nSPS) is 23.9. The Hall–Kier alpha value is -1.07. The first kappa shape index (κ1) is 14.0. The average molecular weight is 259 g/mol. The fourth-order valence-electron chi connectivity index (χ4n) is 2.00. The molecule has 0 aliphatic carbocycles. The van der Waals surface area contributed by atoms with Crippen LogP contribution in [0.4, 0.5) is 5.82 Å². The number of carbonyl (C=O) groups is 1. The first-order valence-corrected chi connectivity index (χ1v) is 5.66. The van der Waals surface area contributed by atoms with Crippen LogP contribution in [0, 0.1) is 0 Å². The Bertz CT molecular complexity index is 385. The number of rotatable bonds is 2. The minimum atomic E-state index is -0.442. The van der Waals surface area contributed by atoms with Crippen LogP contribution in [0.1, 0.15) is 26.2 Å². The summed E-state index contributed by atoms with van der Waals surface area (Å²) in [5, 5.41) is 10.2. The predicted octanol–water partition coefficient (Wildman–Crippen LogP) is 1.31. The van der Waals surface area contributed by atoms with Gasteiger partial charge in [0.15, 0.2) is 0 Å². The lowest BCUT2D eigenvalue weighted by Gasteiger charge is -2.33. The number of amides is 1. The van der Waals surface area contributed by atoms with Crippen LogP contribution in [-0.2, 0) is 11.8 Å². The lowest BCUT2D eigenvalue weighted by Crippen LogP contribution is -2.54. The van der Waals surface area contributed by atoms with Gasteiger partial charge in [0.25, 0.3) is 0 Å². The summed E-state index contributed by atoms with van der Waals surface area (Å²) in [4.78, 5) is 12.1. The Morgan fingerprint density at radius 3 is 2.88 bits per heavy atom. The highest BCUT2D eigenvalue weighted by atomic mass is 35.5. The molecule has 1 atom stereocenters. The number of nitrogens with zero attached hydrogens (tertiary/aromatic N) is 2. The van der Waals surface area contributed by atoms with Crippen molar-refractivity contribution in [1.29, 1.82) is 0 Å². The van der Waals surface area contributed by atoms with Gasteiger partial charge in [-0.3, -0.25) is 9.48 Å². The van der Waals surface area contributed by atoms with Crippen molar-refractivity contribution in [3.8, 4) is 0 Å². The predicted molar refractivity (Wildman–Crippen MR) is 69.3 cm³/mol. The van der Waals surface area contributed by atoms with Gasteiger partial charge in [-0.25, -0.2) is 0 Å². The molecule has 1 fully saturated rings. The third-order valence-electron chi connectivity index (χ3n) is 3.18. The van der Waals surface area contributed by atoms with Crippen molar-refractivity contribution in [2.24, 2.45) is 7.05 Å². The highest BCUT2D eigenvalue weighted by molar-refractivity contribution is 5.97. The van der Waals surface area contributed by atoms with E-state index in [-0.39, 0.29) is 18.3 Å². The molecular formula is C11H19ClN4O. The molecule has 1 amide bonds. The summed E-state index contributed by atoms with van der Waals surface area (Å²) in [5.41, 5.74) is -0.442. The number of hydrogen-bond acceptors (Lipinski definition) is 3. The lowest BCUT2D eigenvalue weighted by atomic mass is 9.90. The monoisotopic (exact) mass is 258 g/mol. The van der Waals surface area contributed by atoms with Crippen molar-refractivity contribution in [1.82, 2.24) is 15.1 Å². The Labute approximate surface area is 107 Å². The van der Waals surface area contributed by atoms with Gasteiger partial charge < -0.3 is 10.6 Å². The standard InChI is InChI=1S/C11H18N4O.ClH/c1-11(6-3-4-7-12-11)10(16)14-9-5-8-13-15(9)2;/h5,8,12H,3-4,6-7H2,1-2H3,(H,14,16);1H. The first-order valence-electron chi connectivity index (χ1n) is 5.66. The van der Waals surface area contributed by atoms with E-state index in [1.807, 2.05) is 14.0 Å². The van der Waals surface area contributed by atoms with E-state index in [0.717, 1.165) is 31.6 Å². The summed E-state index contributed by atoms with van der Waals surface area (Å²) in [6.45, 7) is 2.87. The van der Waals surface area contributed by atoms with E-state index in [4.69, 9.17) is 0 Å². The van der Waals surface area contributed by atoms with Crippen LogP contribution in [0.3, 0.4) is 0 Å². The van der Waals surface area contributed by atoms with Crippen LogP contribution < -0.4 is 10.6 Å². The zero-order chi connectivity index (χ0) is 11.6. The average Bonchev–Trinajstić information content (AvgIpc) is 2.65. The highest BCUT2D eigenvalue weighted by Gasteiger charge is 2.34. The molecule has 0 spiro atoms. The van der Waals surface area contributed by atoms with Gasteiger partial charge in [0.2, 0.25) is 5.91 Å². The number of anilines is 1. The Balaban J connectivity index is 0.00000144. The molecule has 1 unspecified atom stereocenters. The van der Waals surface area contributed by atoms with E-state index >= 15 is 0 Å². The minimum absolute atomic E-state index is 0. The van der Waals surface area contributed by atoms with Crippen LogP contribution in [0.5, 0.6) is 0 Å². The second kappa shape index (κ2) is 5.51. The zero-order valence-corrected chi connectivity index (χ0v) is 11.0. The van der Waals surface area contributed by atoms with Gasteiger partial charge in [-0.05, 0) is 32.7 Å². The molecule has 1 aliphatic rings. The molecular weight excluding hydrogens is 240 g/mol. The van der Waals surface area contributed by atoms with E-state index in [2.05, 4.69) is 15.7 Å². The van der Waals surface area contributed by atoms with Crippen molar-refractivity contribution >= 4 is 24.1 Å². The maximum absolute atomic E-state index is 12.1. The SMILES string of the molecule is Cl.Cn1nccc1NC(=O)C1(C)CCCCN1. The van der Waals surface area contributed by atoms with Gasteiger partial charge >= 0.3 is 0 Å². The van der Waals surface area contributed by atoms with Crippen LogP contribution in [0.15, 0.2) is 12.3 Å². The van der Waals surface area contributed by atoms with Crippen LogP contribution in [-0.4, -0.2) is 27.8 Å². The molecule has 0 bridgehead atoms. The quantitative estimate of drug-likeness (QED) is 0.841. The minimum Gasteiger partial charge on any atom is -0.309 e. The third-order valence-corrected chi connectivity index (χ3v) is 3.18. The molecule has 2 rings (SSSR count). The smallest absolute Gasteiger partial charge is 0.245 e.